The SMILES string of the molecule is CC1(O)CC=C(C=CC(=O)OCCc2ccccc2)C=C1O. The lowest BCUT2D eigenvalue weighted by Gasteiger charge is -2.24. The summed E-state index contributed by atoms with van der Waals surface area (Å²) < 4.78 is 5.12. The normalized spacial score (nSPS) is 21.4. The number of aliphatic hydroxyl groups is 2. The Morgan fingerprint density at radius 3 is 2.77 bits per heavy atom. The number of carbonyl (C=O) groups is 1. The molecule has 0 amide bonds. The minimum Gasteiger partial charge on any atom is -0.509 e. The van der Waals surface area contributed by atoms with Crippen molar-refractivity contribution in [2.75, 3.05) is 6.61 Å². The second-order valence-electron chi connectivity index (χ2n) is 5.45. The maximum Gasteiger partial charge on any atom is 0.330 e. The monoisotopic (exact) mass is 300 g/mol. The maximum atomic E-state index is 11.6. The summed E-state index contributed by atoms with van der Waals surface area (Å²) in [6.45, 7) is 1.86. The van der Waals surface area contributed by atoms with Crippen molar-refractivity contribution in [3.8, 4) is 0 Å². The van der Waals surface area contributed by atoms with Gasteiger partial charge in [-0.05, 0) is 30.2 Å². The molecule has 1 aromatic rings. The summed E-state index contributed by atoms with van der Waals surface area (Å²) in [6.07, 6.45) is 7.06. The molecule has 0 aromatic heterocycles. The van der Waals surface area contributed by atoms with Gasteiger partial charge in [0.15, 0.2) is 0 Å². The number of ether oxygens (including phenoxy) is 1. The quantitative estimate of drug-likeness (QED) is 0.648. The third-order valence-corrected chi connectivity index (χ3v) is 3.48. The molecular weight excluding hydrogens is 280 g/mol. The lowest BCUT2D eigenvalue weighted by atomic mass is 9.92. The zero-order chi connectivity index (χ0) is 16.0. The van der Waals surface area contributed by atoms with Crippen molar-refractivity contribution in [1.82, 2.24) is 0 Å². The first-order valence-electron chi connectivity index (χ1n) is 7.20. The number of aliphatic hydroxyl groups excluding tert-OH is 1. The Hall–Kier alpha value is -2.33. The van der Waals surface area contributed by atoms with Gasteiger partial charge in [-0.3, -0.25) is 0 Å². The Balaban J connectivity index is 1.79. The molecule has 1 aromatic carbocycles. The Bertz CT molecular complexity index is 609. The summed E-state index contributed by atoms with van der Waals surface area (Å²) >= 11 is 0. The Morgan fingerprint density at radius 2 is 2.09 bits per heavy atom. The molecule has 1 atom stereocenters. The third kappa shape index (κ3) is 4.60. The van der Waals surface area contributed by atoms with E-state index in [1.165, 1.54) is 19.1 Å². The topological polar surface area (TPSA) is 66.8 Å². The lowest BCUT2D eigenvalue weighted by Crippen LogP contribution is -2.28. The first kappa shape index (κ1) is 16.0. The van der Waals surface area contributed by atoms with Crippen LogP contribution in [-0.2, 0) is 16.0 Å². The number of allylic oxidation sites excluding steroid dienone is 3. The number of hydrogen-bond acceptors (Lipinski definition) is 4. The van der Waals surface area contributed by atoms with E-state index in [9.17, 15) is 15.0 Å². The predicted octanol–water partition coefficient (Wildman–Crippen LogP) is 2.85. The van der Waals surface area contributed by atoms with Crippen LogP contribution in [0.25, 0.3) is 0 Å². The average molecular weight is 300 g/mol. The van der Waals surface area contributed by atoms with Crippen molar-refractivity contribution in [2.24, 2.45) is 0 Å². The molecule has 4 heteroatoms. The highest BCUT2D eigenvalue weighted by molar-refractivity contribution is 5.82. The van der Waals surface area contributed by atoms with E-state index < -0.39 is 11.6 Å². The van der Waals surface area contributed by atoms with Gasteiger partial charge in [-0.25, -0.2) is 4.79 Å². The Labute approximate surface area is 130 Å². The molecule has 1 aliphatic rings. The van der Waals surface area contributed by atoms with Gasteiger partial charge in [0.1, 0.15) is 11.4 Å². The number of rotatable bonds is 5. The van der Waals surface area contributed by atoms with E-state index in [4.69, 9.17) is 4.74 Å². The zero-order valence-corrected chi connectivity index (χ0v) is 12.5. The number of esters is 1. The van der Waals surface area contributed by atoms with Crippen molar-refractivity contribution in [2.45, 2.75) is 25.4 Å². The highest BCUT2D eigenvalue weighted by Gasteiger charge is 2.27. The van der Waals surface area contributed by atoms with Crippen molar-refractivity contribution >= 4 is 5.97 Å². The van der Waals surface area contributed by atoms with E-state index in [2.05, 4.69) is 0 Å². The van der Waals surface area contributed by atoms with Crippen molar-refractivity contribution < 1.29 is 19.7 Å². The molecule has 0 bridgehead atoms. The molecule has 0 fully saturated rings. The van der Waals surface area contributed by atoms with Crippen LogP contribution in [0.15, 0.2) is 66.0 Å². The van der Waals surface area contributed by atoms with Crippen LogP contribution in [0.1, 0.15) is 18.9 Å². The minimum atomic E-state index is -1.23. The summed E-state index contributed by atoms with van der Waals surface area (Å²) in [5.74, 6) is -0.533. The van der Waals surface area contributed by atoms with E-state index >= 15 is 0 Å². The fourth-order valence-corrected chi connectivity index (χ4v) is 2.04. The van der Waals surface area contributed by atoms with Crippen LogP contribution in [0, 0.1) is 0 Å². The van der Waals surface area contributed by atoms with Gasteiger partial charge in [0.05, 0.1) is 6.61 Å². The number of carbonyl (C=O) groups excluding carboxylic acids is 1. The molecule has 0 spiro atoms. The lowest BCUT2D eigenvalue weighted by molar-refractivity contribution is -0.137. The Kier molecular flexibility index (Phi) is 5.17. The van der Waals surface area contributed by atoms with Gasteiger partial charge in [0.2, 0.25) is 0 Å². The van der Waals surface area contributed by atoms with Crippen LogP contribution in [0.5, 0.6) is 0 Å². The molecule has 116 valence electrons. The molecule has 0 saturated carbocycles. The van der Waals surface area contributed by atoms with Crippen LogP contribution >= 0.6 is 0 Å². The number of benzene rings is 1. The molecule has 4 nitrogen and oxygen atoms in total. The first-order valence-corrected chi connectivity index (χ1v) is 7.20. The van der Waals surface area contributed by atoms with Crippen molar-refractivity contribution in [3.63, 3.8) is 0 Å². The summed E-state index contributed by atoms with van der Waals surface area (Å²) in [6, 6.07) is 9.79. The van der Waals surface area contributed by atoms with E-state index in [-0.39, 0.29) is 5.76 Å². The van der Waals surface area contributed by atoms with Gasteiger partial charge in [0, 0.05) is 18.9 Å². The molecular formula is C18H20O4. The average Bonchev–Trinajstić information content (AvgIpc) is 2.50. The standard InChI is InChI=1S/C18H20O4/c1-18(21)11-9-15(13-16(18)19)7-8-17(20)22-12-10-14-5-3-2-4-6-14/h2-9,13,19,21H,10-12H2,1H3. The fourth-order valence-electron chi connectivity index (χ4n) is 2.04. The third-order valence-electron chi connectivity index (χ3n) is 3.48. The van der Waals surface area contributed by atoms with Gasteiger partial charge in [-0.15, -0.1) is 0 Å². The van der Waals surface area contributed by atoms with Gasteiger partial charge in [0.25, 0.3) is 0 Å². The molecule has 1 unspecified atom stereocenters. The fraction of sp³-hybridized carbons (Fsp3) is 0.278. The van der Waals surface area contributed by atoms with Crippen LogP contribution in [0.3, 0.4) is 0 Å². The highest BCUT2D eigenvalue weighted by atomic mass is 16.5. The second-order valence-corrected chi connectivity index (χ2v) is 5.45. The van der Waals surface area contributed by atoms with Gasteiger partial charge in [-0.1, -0.05) is 36.4 Å². The number of hydrogen-bond donors (Lipinski definition) is 2. The van der Waals surface area contributed by atoms with Gasteiger partial charge < -0.3 is 14.9 Å². The summed E-state index contributed by atoms with van der Waals surface area (Å²) in [5.41, 5.74) is 0.557. The largest absolute Gasteiger partial charge is 0.509 e. The molecule has 22 heavy (non-hydrogen) atoms. The van der Waals surface area contributed by atoms with Gasteiger partial charge in [-0.2, -0.15) is 0 Å². The molecule has 0 heterocycles. The Morgan fingerprint density at radius 1 is 1.36 bits per heavy atom. The maximum absolute atomic E-state index is 11.6. The molecule has 2 rings (SSSR count). The molecule has 2 N–H and O–H groups in total. The molecule has 0 radical (unpaired) electrons. The minimum absolute atomic E-state index is 0.105. The summed E-state index contributed by atoms with van der Waals surface area (Å²) in [7, 11) is 0. The van der Waals surface area contributed by atoms with Crippen molar-refractivity contribution in [1.29, 1.82) is 0 Å². The highest BCUT2D eigenvalue weighted by Crippen LogP contribution is 2.26. The summed E-state index contributed by atoms with van der Waals surface area (Å²) in [4.78, 5) is 11.6. The predicted molar refractivity (Wildman–Crippen MR) is 84.3 cm³/mol. The van der Waals surface area contributed by atoms with Crippen LogP contribution in [0.2, 0.25) is 0 Å². The molecule has 1 aliphatic carbocycles. The van der Waals surface area contributed by atoms with E-state index in [0.717, 1.165) is 5.56 Å². The van der Waals surface area contributed by atoms with E-state index in [0.29, 0.717) is 25.0 Å². The van der Waals surface area contributed by atoms with E-state index in [1.807, 2.05) is 30.3 Å². The van der Waals surface area contributed by atoms with Crippen LogP contribution in [0.4, 0.5) is 0 Å². The van der Waals surface area contributed by atoms with Crippen molar-refractivity contribution in [3.05, 3.63) is 71.5 Å². The van der Waals surface area contributed by atoms with Gasteiger partial charge >= 0.3 is 5.97 Å². The zero-order valence-electron chi connectivity index (χ0n) is 12.5. The van der Waals surface area contributed by atoms with Crippen LogP contribution in [-0.4, -0.2) is 28.4 Å². The van der Waals surface area contributed by atoms with E-state index in [1.54, 1.807) is 12.2 Å². The second kappa shape index (κ2) is 7.09. The van der Waals surface area contributed by atoms with Crippen LogP contribution < -0.4 is 0 Å². The smallest absolute Gasteiger partial charge is 0.330 e. The first-order chi connectivity index (χ1) is 10.5. The molecule has 0 aliphatic heterocycles. The molecule has 0 saturated heterocycles. The summed E-state index contributed by atoms with van der Waals surface area (Å²) in [5, 5.41) is 19.4.